The zero-order valence-electron chi connectivity index (χ0n) is 12.1. The number of benzene rings is 1. The topological polar surface area (TPSA) is 55.1 Å². The van der Waals surface area contributed by atoms with E-state index in [2.05, 4.69) is 5.32 Å². The van der Waals surface area contributed by atoms with Crippen LogP contribution in [0.5, 0.6) is 0 Å². The monoisotopic (exact) mass is 350 g/mol. The zero-order chi connectivity index (χ0) is 15.2. The predicted octanol–water partition coefficient (Wildman–Crippen LogP) is 3.67. The van der Waals surface area contributed by atoms with Crippen molar-refractivity contribution < 1.29 is 13.6 Å². The number of halogens is 3. The van der Waals surface area contributed by atoms with Crippen LogP contribution in [0.3, 0.4) is 0 Å². The SMILES string of the molecule is Cl.NCC1CCCCC1NC(=O)c1ccc(SC(F)F)cc1. The van der Waals surface area contributed by atoms with Crippen LogP contribution in [0.15, 0.2) is 29.2 Å². The second-order valence-electron chi connectivity index (χ2n) is 5.26. The van der Waals surface area contributed by atoms with Gasteiger partial charge in [0, 0.05) is 16.5 Å². The number of thioether (sulfide) groups is 1. The Balaban J connectivity index is 0.00000242. The van der Waals surface area contributed by atoms with Gasteiger partial charge in [0.15, 0.2) is 0 Å². The lowest BCUT2D eigenvalue weighted by Crippen LogP contribution is -2.44. The Morgan fingerprint density at radius 3 is 2.50 bits per heavy atom. The predicted molar refractivity (Wildman–Crippen MR) is 87.8 cm³/mol. The summed E-state index contributed by atoms with van der Waals surface area (Å²) in [6, 6.07) is 6.38. The maximum absolute atomic E-state index is 12.2. The third-order valence-corrected chi connectivity index (χ3v) is 4.59. The van der Waals surface area contributed by atoms with Gasteiger partial charge in [0.1, 0.15) is 0 Å². The molecule has 0 heterocycles. The molecule has 3 N–H and O–H groups in total. The van der Waals surface area contributed by atoms with Crippen molar-refractivity contribution in [1.82, 2.24) is 5.32 Å². The van der Waals surface area contributed by atoms with Crippen molar-refractivity contribution in [2.45, 2.75) is 42.4 Å². The van der Waals surface area contributed by atoms with Crippen molar-refractivity contribution in [2.75, 3.05) is 6.54 Å². The Kier molecular flexibility index (Phi) is 8.14. The maximum atomic E-state index is 12.2. The van der Waals surface area contributed by atoms with Gasteiger partial charge in [-0.2, -0.15) is 8.78 Å². The maximum Gasteiger partial charge on any atom is 0.288 e. The van der Waals surface area contributed by atoms with Gasteiger partial charge in [-0.15, -0.1) is 12.4 Å². The second kappa shape index (κ2) is 9.33. The molecular weight excluding hydrogens is 330 g/mol. The van der Waals surface area contributed by atoms with Gasteiger partial charge in [0.05, 0.1) is 0 Å². The van der Waals surface area contributed by atoms with Crippen molar-refractivity contribution in [3.05, 3.63) is 29.8 Å². The summed E-state index contributed by atoms with van der Waals surface area (Å²) >= 11 is 0.477. The Morgan fingerprint density at radius 2 is 1.91 bits per heavy atom. The molecule has 1 aromatic rings. The lowest BCUT2D eigenvalue weighted by Gasteiger charge is -2.31. The molecule has 1 aromatic carbocycles. The van der Waals surface area contributed by atoms with Gasteiger partial charge in [-0.25, -0.2) is 0 Å². The molecule has 0 spiro atoms. The number of nitrogens with one attached hydrogen (secondary N) is 1. The van der Waals surface area contributed by atoms with Crippen molar-refractivity contribution in [3.63, 3.8) is 0 Å². The van der Waals surface area contributed by atoms with Gasteiger partial charge in [-0.05, 0) is 49.6 Å². The molecule has 0 aromatic heterocycles. The summed E-state index contributed by atoms with van der Waals surface area (Å²) in [5, 5.41) is 3.02. The molecule has 1 aliphatic carbocycles. The molecule has 0 saturated heterocycles. The Labute approximate surface area is 139 Å². The summed E-state index contributed by atoms with van der Waals surface area (Å²) in [7, 11) is 0. The van der Waals surface area contributed by atoms with E-state index in [0.29, 0.717) is 34.7 Å². The average molecular weight is 351 g/mol. The number of nitrogens with two attached hydrogens (primary N) is 1. The molecule has 0 aliphatic heterocycles. The van der Waals surface area contributed by atoms with Gasteiger partial charge in [-0.3, -0.25) is 4.79 Å². The summed E-state index contributed by atoms with van der Waals surface area (Å²) < 4.78 is 24.5. The minimum absolute atomic E-state index is 0. The first-order valence-corrected chi connectivity index (χ1v) is 8.04. The molecule has 124 valence electrons. The highest BCUT2D eigenvalue weighted by Gasteiger charge is 2.25. The molecule has 1 saturated carbocycles. The first-order valence-electron chi connectivity index (χ1n) is 7.16. The number of carbonyl (C=O) groups excluding carboxylic acids is 1. The van der Waals surface area contributed by atoms with Gasteiger partial charge in [0.25, 0.3) is 11.7 Å². The summed E-state index contributed by atoms with van der Waals surface area (Å²) in [5.41, 5.74) is 6.24. The summed E-state index contributed by atoms with van der Waals surface area (Å²) in [5.74, 6) is -2.28. The quantitative estimate of drug-likeness (QED) is 0.797. The first-order chi connectivity index (χ1) is 10.1. The third-order valence-electron chi connectivity index (χ3n) is 3.87. The van der Waals surface area contributed by atoms with Crippen LogP contribution in [0.25, 0.3) is 0 Å². The number of alkyl halides is 2. The fourth-order valence-electron chi connectivity index (χ4n) is 2.72. The first kappa shape index (κ1) is 19.2. The molecule has 0 radical (unpaired) electrons. The fourth-order valence-corrected chi connectivity index (χ4v) is 3.22. The van der Waals surface area contributed by atoms with Crippen LogP contribution in [0.4, 0.5) is 8.78 Å². The van der Waals surface area contributed by atoms with E-state index >= 15 is 0 Å². The number of amides is 1. The molecule has 0 bridgehead atoms. The molecule has 1 aliphatic rings. The minimum atomic E-state index is -2.45. The van der Waals surface area contributed by atoms with Gasteiger partial charge < -0.3 is 11.1 Å². The van der Waals surface area contributed by atoms with Crippen molar-refractivity contribution in [3.8, 4) is 0 Å². The lowest BCUT2D eigenvalue weighted by atomic mass is 9.84. The van der Waals surface area contributed by atoms with E-state index in [1.54, 1.807) is 24.3 Å². The Hall–Kier alpha value is -0.850. The number of rotatable bonds is 5. The molecule has 2 unspecified atom stereocenters. The van der Waals surface area contributed by atoms with E-state index in [4.69, 9.17) is 5.73 Å². The van der Waals surface area contributed by atoms with E-state index < -0.39 is 5.76 Å². The fraction of sp³-hybridized carbons (Fsp3) is 0.533. The largest absolute Gasteiger partial charge is 0.349 e. The highest BCUT2D eigenvalue weighted by Crippen LogP contribution is 2.26. The molecule has 2 atom stereocenters. The van der Waals surface area contributed by atoms with E-state index in [-0.39, 0.29) is 24.4 Å². The van der Waals surface area contributed by atoms with Gasteiger partial charge >= 0.3 is 0 Å². The normalized spacial score (nSPS) is 21.3. The molecule has 1 amide bonds. The number of carbonyl (C=O) groups is 1. The van der Waals surface area contributed by atoms with Crippen LogP contribution in [0, 0.1) is 5.92 Å². The molecule has 22 heavy (non-hydrogen) atoms. The van der Waals surface area contributed by atoms with Gasteiger partial charge in [0.2, 0.25) is 0 Å². The smallest absolute Gasteiger partial charge is 0.288 e. The van der Waals surface area contributed by atoms with Crippen molar-refractivity contribution in [2.24, 2.45) is 11.7 Å². The van der Waals surface area contributed by atoms with Crippen LogP contribution >= 0.6 is 24.2 Å². The highest BCUT2D eigenvalue weighted by molar-refractivity contribution is 7.99. The van der Waals surface area contributed by atoms with Crippen LogP contribution in [0.2, 0.25) is 0 Å². The zero-order valence-corrected chi connectivity index (χ0v) is 13.8. The minimum Gasteiger partial charge on any atom is -0.349 e. The van der Waals surface area contributed by atoms with Crippen molar-refractivity contribution >= 4 is 30.1 Å². The van der Waals surface area contributed by atoms with Crippen LogP contribution < -0.4 is 11.1 Å². The van der Waals surface area contributed by atoms with Crippen molar-refractivity contribution in [1.29, 1.82) is 0 Å². The Bertz CT molecular complexity index is 473. The summed E-state index contributed by atoms with van der Waals surface area (Å²) in [6.07, 6.45) is 4.26. The number of hydrogen-bond donors (Lipinski definition) is 2. The molecule has 7 heteroatoms. The van der Waals surface area contributed by atoms with Crippen LogP contribution in [0.1, 0.15) is 36.0 Å². The standard InChI is InChI=1S/C15H20F2N2OS.ClH/c16-15(17)21-12-7-5-10(6-8-12)14(20)19-13-4-2-1-3-11(13)9-18;/h5-8,11,13,15H,1-4,9,18H2,(H,19,20);1H. The van der Waals surface area contributed by atoms with Crippen LogP contribution in [-0.4, -0.2) is 24.3 Å². The molecule has 3 nitrogen and oxygen atoms in total. The highest BCUT2D eigenvalue weighted by atomic mass is 35.5. The van der Waals surface area contributed by atoms with Crippen LogP contribution in [-0.2, 0) is 0 Å². The van der Waals surface area contributed by atoms with E-state index in [0.717, 1.165) is 25.7 Å². The second-order valence-corrected chi connectivity index (χ2v) is 6.33. The molecule has 2 rings (SSSR count). The van der Waals surface area contributed by atoms with E-state index in [9.17, 15) is 13.6 Å². The van der Waals surface area contributed by atoms with Gasteiger partial charge in [-0.1, -0.05) is 24.6 Å². The molecule has 1 fully saturated rings. The molecular formula is C15H21ClF2N2OS. The van der Waals surface area contributed by atoms with E-state index in [1.807, 2.05) is 0 Å². The Morgan fingerprint density at radius 1 is 1.27 bits per heavy atom. The lowest BCUT2D eigenvalue weighted by molar-refractivity contribution is 0.0908. The summed E-state index contributed by atoms with van der Waals surface area (Å²) in [4.78, 5) is 12.7. The summed E-state index contributed by atoms with van der Waals surface area (Å²) in [6.45, 7) is 0.578. The van der Waals surface area contributed by atoms with E-state index in [1.165, 1.54) is 0 Å². The number of hydrogen-bond acceptors (Lipinski definition) is 3. The average Bonchev–Trinajstić information content (AvgIpc) is 2.48. The third kappa shape index (κ3) is 5.41.